The van der Waals surface area contributed by atoms with Crippen LogP contribution in [0, 0.1) is 0 Å². The Labute approximate surface area is 153 Å². The lowest BCUT2D eigenvalue weighted by Crippen LogP contribution is -2.57. The highest BCUT2D eigenvalue weighted by atomic mass is 35.5. The van der Waals surface area contributed by atoms with Crippen LogP contribution < -0.4 is 5.32 Å². The van der Waals surface area contributed by atoms with Gasteiger partial charge in [0.2, 0.25) is 5.91 Å². The van der Waals surface area contributed by atoms with E-state index in [1.54, 1.807) is 23.9 Å². The summed E-state index contributed by atoms with van der Waals surface area (Å²) < 4.78 is 24.7. The van der Waals surface area contributed by atoms with Gasteiger partial charge in [0.15, 0.2) is 14.6 Å². The number of thioether (sulfide) groups is 1. The van der Waals surface area contributed by atoms with Gasteiger partial charge in [0.05, 0.1) is 4.90 Å². The number of benzene rings is 1. The first-order chi connectivity index (χ1) is 11.1. The monoisotopic (exact) mass is 389 g/mol. The van der Waals surface area contributed by atoms with Gasteiger partial charge in [-0.15, -0.1) is 0 Å². The van der Waals surface area contributed by atoms with Crippen LogP contribution in [-0.4, -0.2) is 36.1 Å². The second kappa shape index (κ2) is 7.26. The van der Waals surface area contributed by atoms with Crippen LogP contribution in [0.15, 0.2) is 29.2 Å². The number of rotatable bonds is 6. The fraction of sp³-hybridized carbons (Fsp3) is 0.588. The maximum absolute atomic E-state index is 13.0. The summed E-state index contributed by atoms with van der Waals surface area (Å²) in [6, 6.07) is 6.03. The standard InChI is InChI=1S/C17H24ClNO3S2/c1-16(2,3)23-12-11-19-15(20)17(9-4-10-17)24(21,22)14-7-5-13(18)6-8-14/h5-8H,4,9-12H2,1-3H3,(H,19,20). The maximum atomic E-state index is 13.0. The topological polar surface area (TPSA) is 63.2 Å². The zero-order chi connectivity index (χ0) is 18.0. The molecule has 0 saturated heterocycles. The molecule has 2 rings (SSSR count). The highest BCUT2D eigenvalue weighted by Gasteiger charge is 2.55. The number of nitrogens with one attached hydrogen (secondary N) is 1. The third-order valence-electron chi connectivity index (χ3n) is 4.14. The zero-order valence-corrected chi connectivity index (χ0v) is 16.7. The molecule has 0 radical (unpaired) electrons. The van der Waals surface area contributed by atoms with Crippen molar-refractivity contribution in [1.82, 2.24) is 5.32 Å². The predicted molar refractivity (Wildman–Crippen MR) is 100 cm³/mol. The quantitative estimate of drug-likeness (QED) is 0.753. The Hall–Kier alpha value is -0.720. The van der Waals surface area contributed by atoms with E-state index in [1.807, 2.05) is 0 Å². The minimum absolute atomic E-state index is 0.119. The highest BCUT2D eigenvalue weighted by molar-refractivity contribution is 8.00. The molecule has 1 amide bonds. The number of carbonyl (C=O) groups is 1. The molecular formula is C17H24ClNO3S2. The molecule has 0 heterocycles. The van der Waals surface area contributed by atoms with Crippen molar-refractivity contribution in [2.75, 3.05) is 12.3 Å². The molecule has 4 nitrogen and oxygen atoms in total. The average molecular weight is 390 g/mol. The van der Waals surface area contributed by atoms with Gasteiger partial charge in [-0.1, -0.05) is 32.4 Å². The molecule has 0 bridgehead atoms. The van der Waals surface area contributed by atoms with Crippen molar-refractivity contribution in [3.05, 3.63) is 29.3 Å². The first-order valence-electron chi connectivity index (χ1n) is 8.01. The van der Waals surface area contributed by atoms with E-state index in [2.05, 4.69) is 26.1 Å². The van der Waals surface area contributed by atoms with E-state index in [-0.39, 0.29) is 15.5 Å². The van der Waals surface area contributed by atoms with E-state index in [1.165, 1.54) is 12.1 Å². The second-order valence-corrected chi connectivity index (χ2v) is 11.6. The number of carbonyl (C=O) groups excluding carboxylic acids is 1. The maximum Gasteiger partial charge on any atom is 0.241 e. The average Bonchev–Trinajstić information content (AvgIpc) is 2.41. The van der Waals surface area contributed by atoms with Crippen molar-refractivity contribution in [3.8, 4) is 0 Å². The Balaban J connectivity index is 2.10. The summed E-state index contributed by atoms with van der Waals surface area (Å²) in [6.45, 7) is 6.80. The number of hydrogen-bond donors (Lipinski definition) is 1. The fourth-order valence-corrected chi connectivity index (χ4v) is 5.67. The molecular weight excluding hydrogens is 366 g/mol. The van der Waals surface area contributed by atoms with Gasteiger partial charge in [-0.25, -0.2) is 8.42 Å². The van der Waals surface area contributed by atoms with Gasteiger partial charge in [-0.05, 0) is 43.5 Å². The van der Waals surface area contributed by atoms with Crippen LogP contribution in [0.5, 0.6) is 0 Å². The molecule has 1 aromatic rings. The minimum Gasteiger partial charge on any atom is -0.354 e. The molecule has 1 saturated carbocycles. The molecule has 1 aliphatic rings. The molecule has 134 valence electrons. The molecule has 0 unspecified atom stereocenters. The Morgan fingerprint density at radius 3 is 2.29 bits per heavy atom. The van der Waals surface area contributed by atoms with E-state index in [9.17, 15) is 13.2 Å². The summed E-state index contributed by atoms with van der Waals surface area (Å²) in [4.78, 5) is 12.8. The number of amides is 1. The van der Waals surface area contributed by atoms with Crippen LogP contribution in [0.25, 0.3) is 0 Å². The fourth-order valence-electron chi connectivity index (χ4n) is 2.64. The van der Waals surface area contributed by atoms with Crippen molar-refractivity contribution in [2.45, 2.75) is 54.4 Å². The van der Waals surface area contributed by atoms with Gasteiger partial charge in [-0.2, -0.15) is 11.8 Å². The number of hydrogen-bond acceptors (Lipinski definition) is 4. The van der Waals surface area contributed by atoms with Crippen LogP contribution in [0.4, 0.5) is 0 Å². The van der Waals surface area contributed by atoms with E-state index in [4.69, 9.17) is 11.6 Å². The van der Waals surface area contributed by atoms with Gasteiger partial charge in [0.1, 0.15) is 0 Å². The lowest BCUT2D eigenvalue weighted by atomic mass is 9.83. The molecule has 1 N–H and O–H groups in total. The normalized spacial score (nSPS) is 17.2. The number of sulfone groups is 1. The van der Waals surface area contributed by atoms with E-state index >= 15 is 0 Å². The smallest absolute Gasteiger partial charge is 0.241 e. The zero-order valence-electron chi connectivity index (χ0n) is 14.3. The van der Waals surface area contributed by atoms with Gasteiger partial charge in [0.25, 0.3) is 0 Å². The van der Waals surface area contributed by atoms with Crippen molar-refractivity contribution in [3.63, 3.8) is 0 Å². The molecule has 1 aromatic carbocycles. The Morgan fingerprint density at radius 2 is 1.83 bits per heavy atom. The largest absolute Gasteiger partial charge is 0.354 e. The van der Waals surface area contributed by atoms with Crippen LogP contribution in [0.1, 0.15) is 40.0 Å². The van der Waals surface area contributed by atoms with Gasteiger partial charge in [0, 0.05) is 22.1 Å². The van der Waals surface area contributed by atoms with Crippen LogP contribution in [-0.2, 0) is 14.6 Å². The molecule has 0 aliphatic heterocycles. The van der Waals surface area contributed by atoms with Crippen LogP contribution in [0.2, 0.25) is 5.02 Å². The van der Waals surface area contributed by atoms with Crippen molar-refractivity contribution in [2.24, 2.45) is 0 Å². The van der Waals surface area contributed by atoms with Crippen molar-refractivity contribution in [1.29, 1.82) is 0 Å². The van der Waals surface area contributed by atoms with Gasteiger partial charge >= 0.3 is 0 Å². The highest BCUT2D eigenvalue weighted by Crippen LogP contribution is 2.43. The summed E-state index contributed by atoms with van der Waals surface area (Å²) >= 11 is 7.57. The van der Waals surface area contributed by atoms with E-state index < -0.39 is 14.6 Å². The third kappa shape index (κ3) is 4.09. The summed E-state index contributed by atoms with van der Waals surface area (Å²) in [5.41, 5.74) is 0. The molecule has 24 heavy (non-hydrogen) atoms. The molecule has 0 atom stereocenters. The Kier molecular flexibility index (Phi) is 5.93. The predicted octanol–water partition coefficient (Wildman–Crippen LogP) is 3.68. The lowest BCUT2D eigenvalue weighted by Gasteiger charge is -2.39. The summed E-state index contributed by atoms with van der Waals surface area (Å²) in [5.74, 6) is 0.380. The summed E-state index contributed by atoms with van der Waals surface area (Å²) in [6.07, 6.45) is 1.49. The second-order valence-electron chi connectivity index (χ2n) is 7.02. The first-order valence-corrected chi connectivity index (χ1v) is 10.9. The Morgan fingerprint density at radius 1 is 1.25 bits per heavy atom. The van der Waals surface area contributed by atoms with Crippen LogP contribution >= 0.6 is 23.4 Å². The van der Waals surface area contributed by atoms with Gasteiger partial charge in [-0.3, -0.25) is 4.79 Å². The van der Waals surface area contributed by atoms with Crippen LogP contribution in [0.3, 0.4) is 0 Å². The van der Waals surface area contributed by atoms with Crippen molar-refractivity contribution >= 4 is 39.1 Å². The molecule has 1 aliphatic carbocycles. The number of halogens is 1. The minimum atomic E-state index is -3.72. The third-order valence-corrected chi connectivity index (χ3v) is 8.18. The molecule has 0 spiro atoms. The summed E-state index contributed by atoms with van der Waals surface area (Å²) in [7, 11) is -3.72. The van der Waals surface area contributed by atoms with Gasteiger partial charge < -0.3 is 5.32 Å². The van der Waals surface area contributed by atoms with Crippen molar-refractivity contribution < 1.29 is 13.2 Å². The van der Waals surface area contributed by atoms with E-state index in [0.29, 0.717) is 24.4 Å². The van der Waals surface area contributed by atoms with E-state index in [0.717, 1.165) is 12.2 Å². The Bertz CT molecular complexity index is 690. The first kappa shape index (κ1) is 19.6. The molecule has 0 aromatic heterocycles. The molecule has 7 heteroatoms. The lowest BCUT2D eigenvalue weighted by molar-refractivity contribution is -0.125. The molecule has 1 fully saturated rings. The summed E-state index contributed by atoms with van der Waals surface area (Å²) in [5, 5.41) is 3.29. The SMILES string of the molecule is CC(C)(C)SCCNC(=O)C1(S(=O)(=O)c2ccc(Cl)cc2)CCC1.